The number of nitrogens with two attached hydrogens (primary N) is 1. The molecule has 2 heterocycles. The summed E-state index contributed by atoms with van der Waals surface area (Å²) in [5, 5.41) is 4.84. The molecule has 2 N–H and O–H groups in total. The van der Waals surface area contributed by atoms with E-state index in [1.165, 1.54) is 0 Å². The fraction of sp³-hybridized carbons (Fsp3) is 0.500. The van der Waals surface area contributed by atoms with Crippen LogP contribution in [0.4, 0.5) is 0 Å². The van der Waals surface area contributed by atoms with Crippen molar-refractivity contribution in [3.05, 3.63) is 16.7 Å². The molecule has 0 aromatic carbocycles. The summed E-state index contributed by atoms with van der Waals surface area (Å²) in [6, 6.07) is 0. The first-order valence-electron chi connectivity index (χ1n) is 4.47. The molecule has 0 aliphatic carbocycles. The summed E-state index contributed by atoms with van der Waals surface area (Å²) in [4.78, 5) is 4.31. The summed E-state index contributed by atoms with van der Waals surface area (Å²) >= 11 is 6.04. The molecule has 0 bridgehead atoms. The third-order valence-corrected chi connectivity index (χ3v) is 2.64. The maximum absolute atomic E-state index is 6.04. The van der Waals surface area contributed by atoms with Crippen molar-refractivity contribution >= 4 is 17.4 Å². The maximum atomic E-state index is 6.04. The number of hydrogen-bond acceptors (Lipinski definition) is 3. The van der Waals surface area contributed by atoms with Crippen molar-refractivity contribution in [2.24, 2.45) is 12.8 Å². The van der Waals surface area contributed by atoms with Crippen LogP contribution in [0.3, 0.4) is 0 Å². The number of fused-ring (bicyclic) bond motifs is 1. The van der Waals surface area contributed by atoms with E-state index in [0.29, 0.717) is 17.4 Å². The molecular formula is C8H12ClN5. The molecule has 0 amide bonds. The van der Waals surface area contributed by atoms with Gasteiger partial charge in [-0.1, -0.05) is 18.5 Å². The van der Waals surface area contributed by atoms with Crippen molar-refractivity contribution in [3.8, 4) is 0 Å². The lowest BCUT2D eigenvalue weighted by Gasteiger charge is -1.94. The first-order chi connectivity index (χ1) is 6.69. The SMILES string of the molecule is CCc1nn2c(Cl)c(CN)nc2n1C. The quantitative estimate of drug-likeness (QED) is 0.801. The van der Waals surface area contributed by atoms with Crippen LogP contribution in [-0.4, -0.2) is 19.2 Å². The second-order valence-corrected chi connectivity index (χ2v) is 3.45. The number of aromatic nitrogens is 4. The van der Waals surface area contributed by atoms with Gasteiger partial charge < -0.3 is 5.73 Å². The van der Waals surface area contributed by atoms with Crippen LogP contribution in [0.5, 0.6) is 0 Å². The number of hydrogen-bond donors (Lipinski definition) is 1. The molecule has 2 aromatic rings. The van der Waals surface area contributed by atoms with Crippen LogP contribution in [0, 0.1) is 0 Å². The minimum atomic E-state index is 0.337. The fourth-order valence-electron chi connectivity index (χ4n) is 1.47. The second-order valence-electron chi connectivity index (χ2n) is 3.09. The largest absolute Gasteiger partial charge is 0.325 e. The van der Waals surface area contributed by atoms with Gasteiger partial charge in [0.15, 0.2) is 5.15 Å². The molecule has 0 aliphatic rings. The van der Waals surface area contributed by atoms with E-state index in [0.717, 1.165) is 18.0 Å². The van der Waals surface area contributed by atoms with Crippen LogP contribution >= 0.6 is 11.6 Å². The first-order valence-corrected chi connectivity index (χ1v) is 4.85. The van der Waals surface area contributed by atoms with Gasteiger partial charge in [0.2, 0.25) is 5.78 Å². The highest BCUT2D eigenvalue weighted by Gasteiger charge is 2.14. The van der Waals surface area contributed by atoms with Gasteiger partial charge in [-0.15, -0.1) is 0 Å². The van der Waals surface area contributed by atoms with Gasteiger partial charge in [-0.3, -0.25) is 4.57 Å². The zero-order valence-electron chi connectivity index (χ0n) is 8.16. The topological polar surface area (TPSA) is 61.1 Å². The summed E-state index contributed by atoms with van der Waals surface area (Å²) in [6.07, 6.45) is 0.855. The van der Waals surface area contributed by atoms with Gasteiger partial charge >= 0.3 is 0 Å². The van der Waals surface area contributed by atoms with E-state index in [2.05, 4.69) is 10.1 Å². The van der Waals surface area contributed by atoms with Crippen LogP contribution in [0.2, 0.25) is 5.15 Å². The monoisotopic (exact) mass is 213 g/mol. The second kappa shape index (κ2) is 3.25. The molecule has 0 aliphatic heterocycles. The molecule has 0 saturated heterocycles. The van der Waals surface area contributed by atoms with Crippen molar-refractivity contribution < 1.29 is 0 Å². The molecule has 0 atom stereocenters. The highest BCUT2D eigenvalue weighted by Crippen LogP contribution is 2.17. The Bertz CT molecular complexity index is 425. The van der Waals surface area contributed by atoms with Crippen molar-refractivity contribution in [1.29, 1.82) is 0 Å². The van der Waals surface area contributed by atoms with Gasteiger partial charge in [-0.2, -0.15) is 9.61 Å². The van der Waals surface area contributed by atoms with Crippen LogP contribution in [0.1, 0.15) is 18.4 Å². The molecule has 0 unspecified atom stereocenters. The van der Waals surface area contributed by atoms with Crippen molar-refractivity contribution in [2.75, 3.05) is 0 Å². The minimum Gasteiger partial charge on any atom is -0.325 e. The smallest absolute Gasteiger partial charge is 0.233 e. The van der Waals surface area contributed by atoms with Gasteiger partial charge in [0.1, 0.15) is 5.82 Å². The Morgan fingerprint density at radius 1 is 1.50 bits per heavy atom. The Morgan fingerprint density at radius 3 is 2.71 bits per heavy atom. The lowest BCUT2D eigenvalue weighted by Crippen LogP contribution is -2.00. The zero-order chi connectivity index (χ0) is 10.3. The molecule has 5 nitrogen and oxygen atoms in total. The van der Waals surface area contributed by atoms with E-state index in [-0.39, 0.29) is 0 Å². The van der Waals surface area contributed by atoms with Crippen LogP contribution in [0.15, 0.2) is 0 Å². The zero-order valence-corrected chi connectivity index (χ0v) is 8.91. The summed E-state index contributed by atoms with van der Waals surface area (Å²) in [5.74, 6) is 1.70. The van der Waals surface area contributed by atoms with Gasteiger partial charge in [-0.05, 0) is 0 Å². The number of halogens is 1. The van der Waals surface area contributed by atoms with E-state index < -0.39 is 0 Å². The molecule has 0 spiro atoms. The average molecular weight is 214 g/mol. The fourth-order valence-corrected chi connectivity index (χ4v) is 1.70. The molecule has 76 valence electrons. The molecule has 2 rings (SSSR count). The van der Waals surface area contributed by atoms with E-state index in [9.17, 15) is 0 Å². The van der Waals surface area contributed by atoms with Crippen LogP contribution in [0.25, 0.3) is 5.78 Å². The normalized spacial score (nSPS) is 11.4. The summed E-state index contributed by atoms with van der Waals surface area (Å²) in [6.45, 7) is 2.38. The minimum absolute atomic E-state index is 0.337. The third-order valence-electron chi connectivity index (χ3n) is 2.26. The van der Waals surface area contributed by atoms with Crippen molar-refractivity contribution in [2.45, 2.75) is 19.9 Å². The van der Waals surface area contributed by atoms with Gasteiger partial charge in [0.25, 0.3) is 0 Å². The maximum Gasteiger partial charge on any atom is 0.233 e. The molecular weight excluding hydrogens is 202 g/mol. The lowest BCUT2D eigenvalue weighted by molar-refractivity contribution is 0.804. The third kappa shape index (κ3) is 1.13. The average Bonchev–Trinajstić information content (AvgIpc) is 2.66. The Kier molecular flexibility index (Phi) is 2.20. The van der Waals surface area contributed by atoms with E-state index in [1.807, 2.05) is 18.5 Å². The van der Waals surface area contributed by atoms with Gasteiger partial charge in [0.05, 0.1) is 5.69 Å². The first kappa shape index (κ1) is 9.48. The number of aryl methyl sites for hydroxylation is 2. The predicted octanol–water partition coefficient (Wildman–Crippen LogP) is 0.742. The number of imidazole rings is 1. The lowest BCUT2D eigenvalue weighted by atomic mass is 10.4. The molecule has 0 saturated carbocycles. The Morgan fingerprint density at radius 2 is 2.21 bits per heavy atom. The summed E-state index contributed by atoms with van der Waals surface area (Å²) in [7, 11) is 1.92. The molecule has 0 fully saturated rings. The molecule has 14 heavy (non-hydrogen) atoms. The Balaban J connectivity index is 2.72. The number of rotatable bonds is 2. The number of nitrogens with zero attached hydrogens (tertiary/aromatic N) is 4. The standard InChI is InChI=1S/C8H12ClN5/c1-3-6-12-14-7(9)5(4-10)11-8(14)13(6)2/h3-4,10H2,1-2H3. The molecule has 2 aromatic heterocycles. The van der Waals surface area contributed by atoms with E-state index in [1.54, 1.807) is 4.52 Å². The Labute approximate surface area is 86.5 Å². The summed E-state index contributed by atoms with van der Waals surface area (Å²) in [5.41, 5.74) is 6.18. The van der Waals surface area contributed by atoms with Crippen molar-refractivity contribution in [1.82, 2.24) is 19.2 Å². The highest BCUT2D eigenvalue weighted by atomic mass is 35.5. The van der Waals surface area contributed by atoms with Crippen LogP contribution in [-0.2, 0) is 20.0 Å². The van der Waals surface area contributed by atoms with E-state index in [4.69, 9.17) is 17.3 Å². The highest BCUT2D eigenvalue weighted by molar-refractivity contribution is 6.30. The van der Waals surface area contributed by atoms with Crippen molar-refractivity contribution in [3.63, 3.8) is 0 Å². The molecule has 6 heteroatoms. The van der Waals surface area contributed by atoms with Crippen LogP contribution < -0.4 is 5.73 Å². The van der Waals surface area contributed by atoms with E-state index >= 15 is 0 Å². The summed E-state index contributed by atoms with van der Waals surface area (Å²) < 4.78 is 3.55. The van der Waals surface area contributed by atoms with Gasteiger partial charge in [-0.25, -0.2) is 4.98 Å². The predicted molar refractivity (Wildman–Crippen MR) is 54.2 cm³/mol. The van der Waals surface area contributed by atoms with Gasteiger partial charge in [0, 0.05) is 20.0 Å². The Hall–Kier alpha value is -1.07. The molecule has 0 radical (unpaired) electrons.